The van der Waals surface area contributed by atoms with Crippen molar-refractivity contribution in [2.45, 2.75) is 32.5 Å². The van der Waals surface area contributed by atoms with Crippen molar-refractivity contribution in [1.82, 2.24) is 5.32 Å². The first-order chi connectivity index (χ1) is 15.3. The van der Waals surface area contributed by atoms with Gasteiger partial charge in [-0.25, -0.2) is 4.79 Å². The molecule has 0 bridgehead atoms. The van der Waals surface area contributed by atoms with Crippen LogP contribution in [0.4, 0.5) is 16.2 Å². The molecule has 6 nitrogen and oxygen atoms in total. The molecule has 1 aliphatic heterocycles. The Bertz CT molecular complexity index is 1160. The van der Waals surface area contributed by atoms with Crippen molar-refractivity contribution >= 4 is 39.2 Å². The van der Waals surface area contributed by atoms with Gasteiger partial charge in [-0.15, -0.1) is 0 Å². The first-order valence-electron chi connectivity index (χ1n) is 10.4. The molecule has 0 spiro atoms. The zero-order valence-corrected chi connectivity index (χ0v) is 19.4. The first-order valence-corrected chi connectivity index (χ1v) is 11.2. The molecular formula is C25H24BrN3O3. The summed E-state index contributed by atoms with van der Waals surface area (Å²) in [6.45, 7) is 4.24. The second kappa shape index (κ2) is 8.76. The third kappa shape index (κ3) is 4.01. The Morgan fingerprint density at radius 2 is 1.72 bits per heavy atom. The number of nitrogens with one attached hydrogen (secondary N) is 2. The van der Waals surface area contributed by atoms with E-state index in [0.29, 0.717) is 15.8 Å². The summed E-state index contributed by atoms with van der Waals surface area (Å²) in [5, 5.41) is 17.5. The normalized spacial score (nSPS) is 17.5. The lowest BCUT2D eigenvalue weighted by molar-refractivity contribution is -0.140. The number of rotatable bonds is 5. The number of amides is 3. The average molecular weight is 494 g/mol. The van der Waals surface area contributed by atoms with Crippen LogP contribution in [0.2, 0.25) is 0 Å². The summed E-state index contributed by atoms with van der Waals surface area (Å²) in [7, 11) is 0. The first kappa shape index (κ1) is 22.0. The van der Waals surface area contributed by atoms with E-state index in [1.165, 1.54) is 0 Å². The molecule has 3 aromatic carbocycles. The minimum absolute atomic E-state index is 0.217. The minimum Gasteiger partial charge on any atom is -0.359 e. The maximum atomic E-state index is 13.5. The molecule has 1 aliphatic rings. The summed E-state index contributed by atoms with van der Waals surface area (Å²) in [6, 6.07) is 19.4. The zero-order valence-electron chi connectivity index (χ0n) is 17.9. The largest absolute Gasteiger partial charge is 0.359 e. The molecular weight excluding hydrogens is 470 g/mol. The average Bonchev–Trinajstić information content (AvgIpc) is 2.79. The van der Waals surface area contributed by atoms with E-state index in [1.54, 1.807) is 30.3 Å². The highest BCUT2D eigenvalue weighted by Crippen LogP contribution is 2.41. The predicted octanol–water partition coefficient (Wildman–Crippen LogP) is 4.83. The maximum Gasteiger partial charge on any atom is 0.329 e. The van der Waals surface area contributed by atoms with Crippen molar-refractivity contribution in [2.75, 3.05) is 10.2 Å². The Labute approximate surface area is 195 Å². The molecule has 1 atom stereocenters. The number of anilines is 2. The van der Waals surface area contributed by atoms with Crippen LogP contribution in [-0.2, 0) is 23.5 Å². The highest BCUT2D eigenvalue weighted by Gasteiger charge is 2.52. The van der Waals surface area contributed by atoms with Crippen LogP contribution >= 0.6 is 15.9 Å². The van der Waals surface area contributed by atoms with Gasteiger partial charge in [0.05, 0.1) is 5.69 Å². The van der Waals surface area contributed by atoms with Gasteiger partial charge in [-0.05, 0) is 54.8 Å². The summed E-state index contributed by atoms with van der Waals surface area (Å²) < 4.78 is 0.679. The molecule has 0 saturated carbocycles. The van der Waals surface area contributed by atoms with E-state index >= 15 is 0 Å². The van der Waals surface area contributed by atoms with E-state index in [1.807, 2.05) is 50.2 Å². The molecule has 0 aliphatic carbocycles. The molecule has 0 radical (unpaired) electrons. The van der Waals surface area contributed by atoms with Crippen LogP contribution in [0.5, 0.6) is 0 Å². The van der Waals surface area contributed by atoms with Gasteiger partial charge in [-0.1, -0.05) is 64.8 Å². The molecule has 0 aromatic heterocycles. The van der Waals surface area contributed by atoms with E-state index < -0.39 is 17.7 Å². The Hall–Kier alpha value is -3.16. The molecule has 0 saturated heterocycles. The van der Waals surface area contributed by atoms with Crippen LogP contribution in [0.25, 0.3) is 0 Å². The van der Waals surface area contributed by atoms with E-state index in [2.05, 4.69) is 26.6 Å². The van der Waals surface area contributed by atoms with Gasteiger partial charge in [0.2, 0.25) is 0 Å². The molecule has 4 rings (SSSR count). The fourth-order valence-electron chi connectivity index (χ4n) is 3.77. The molecule has 3 aromatic rings. The third-order valence-corrected chi connectivity index (χ3v) is 6.11. The number of benzene rings is 3. The van der Waals surface area contributed by atoms with Crippen molar-refractivity contribution < 1.29 is 14.7 Å². The molecule has 164 valence electrons. The monoisotopic (exact) mass is 493 g/mol. The molecule has 0 unspecified atom stereocenters. The van der Waals surface area contributed by atoms with Crippen molar-refractivity contribution in [3.8, 4) is 0 Å². The SMILES string of the molecule is CCc1ccc(N2C(=O)Nc3ccc(Br)cc3[C@@]2(O)C(=O)NCc2ccc(C)cc2)cc1. The van der Waals surface area contributed by atoms with Crippen molar-refractivity contribution in [3.63, 3.8) is 0 Å². The Balaban J connectivity index is 1.76. The van der Waals surface area contributed by atoms with Crippen LogP contribution in [0.1, 0.15) is 29.2 Å². The summed E-state index contributed by atoms with van der Waals surface area (Å²) in [5.74, 6) is -0.688. The van der Waals surface area contributed by atoms with Crippen molar-refractivity contribution in [1.29, 1.82) is 0 Å². The smallest absolute Gasteiger partial charge is 0.329 e. The second-order valence-corrected chi connectivity index (χ2v) is 8.73. The number of hydrogen-bond acceptors (Lipinski definition) is 3. The van der Waals surface area contributed by atoms with Gasteiger partial charge in [0, 0.05) is 22.3 Å². The summed E-state index contributed by atoms with van der Waals surface area (Å²) in [6.07, 6.45) is 0.837. The number of nitrogens with zero attached hydrogens (tertiary/aromatic N) is 1. The molecule has 1 heterocycles. The van der Waals surface area contributed by atoms with Gasteiger partial charge in [-0.2, -0.15) is 0 Å². The Kier molecular flexibility index (Phi) is 6.04. The molecule has 32 heavy (non-hydrogen) atoms. The molecule has 3 amide bonds. The van der Waals surface area contributed by atoms with Gasteiger partial charge in [-0.3, -0.25) is 9.69 Å². The van der Waals surface area contributed by atoms with Crippen molar-refractivity contribution in [3.05, 3.63) is 93.5 Å². The second-order valence-electron chi connectivity index (χ2n) is 7.82. The predicted molar refractivity (Wildman–Crippen MR) is 128 cm³/mol. The number of fused-ring (bicyclic) bond motifs is 1. The van der Waals surface area contributed by atoms with Crippen LogP contribution in [0.3, 0.4) is 0 Å². The minimum atomic E-state index is -2.24. The number of halogens is 1. The van der Waals surface area contributed by atoms with Crippen LogP contribution in [0, 0.1) is 6.92 Å². The lowest BCUT2D eigenvalue weighted by Crippen LogP contribution is -2.62. The standard InChI is InChI=1S/C25H24BrN3O3/c1-3-17-8-11-20(12-9-17)29-24(31)28-22-13-10-19(26)14-21(22)25(29,32)23(30)27-15-18-6-4-16(2)5-7-18/h4-14,32H,3,15H2,1-2H3,(H,27,30)(H,28,31)/t25-/m1/s1. The quantitative estimate of drug-likeness (QED) is 0.475. The van der Waals surface area contributed by atoms with E-state index in [4.69, 9.17) is 0 Å². The zero-order chi connectivity index (χ0) is 22.9. The topological polar surface area (TPSA) is 81.7 Å². The molecule has 7 heteroatoms. The van der Waals surface area contributed by atoms with Gasteiger partial charge in [0.15, 0.2) is 0 Å². The highest BCUT2D eigenvalue weighted by atomic mass is 79.9. The number of carbonyl (C=O) groups excluding carboxylic acids is 2. The van der Waals surface area contributed by atoms with Crippen molar-refractivity contribution in [2.24, 2.45) is 0 Å². The number of carbonyl (C=O) groups is 2. The van der Waals surface area contributed by atoms with Crippen LogP contribution in [0.15, 0.2) is 71.2 Å². The third-order valence-electron chi connectivity index (χ3n) is 5.62. The van der Waals surface area contributed by atoms with Gasteiger partial charge >= 0.3 is 6.03 Å². The van der Waals surface area contributed by atoms with E-state index in [0.717, 1.165) is 28.0 Å². The highest BCUT2D eigenvalue weighted by molar-refractivity contribution is 9.10. The summed E-state index contributed by atoms with van der Waals surface area (Å²) >= 11 is 3.41. The molecule has 3 N–H and O–H groups in total. The fourth-order valence-corrected chi connectivity index (χ4v) is 4.13. The van der Waals surface area contributed by atoms with Gasteiger partial charge in [0.1, 0.15) is 0 Å². The maximum absolute atomic E-state index is 13.5. The Morgan fingerprint density at radius 3 is 2.38 bits per heavy atom. The van der Waals surface area contributed by atoms with Gasteiger partial charge < -0.3 is 15.7 Å². The van der Waals surface area contributed by atoms with E-state index in [9.17, 15) is 14.7 Å². The number of urea groups is 1. The summed E-state index contributed by atoms with van der Waals surface area (Å²) in [5.41, 5.74) is 1.93. The Morgan fingerprint density at radius 1 is 1.06 bits per heavy atom. The molecule has 0 fully saturated rings. The van der Waals surface area contributed by atoms with Crippen LogP contribution in [-0.4, -0.2) is 17.0 Å². The number of hydrogen-bond donors (Lipinski definition) is 3. The fraction of sp³-hybridized carbons (Fsp3) is 0.200. The van der Waals surface area contributed by atoms with E-state index in [-0.39, 0.29) is 12.1 Å². The lowest BCUT2D eigenvalue weighted by Gasteiger charge is -2.42. The number of aryl methyl sites for hydroxylation is 2. The lowest BCUT2D eigenvalue weighted by atomic mass is 9.94. The van der Waals surface area contributed by atoms with Crippen LogP contribution < -0.4 is 15.5 Å². The number of aliphatic hydroxyl groups is 1. The van der Waals surface area contributed by atoms with Gasteiger partial charge in [0.25, 0.3) is 11.6 Å². The summed E-state index contributed by atoms with van der Waals surface area (Å²) in [4.78, 5) is 27.7.